The van der Waals surface area contributed by atoms with E-state index in [1.54, 1.807) is 23.6 Å². The Morgan fingerprint density at radius 3 is 2.44 bits per heavy atom. The van der Waals surface area contributed by atoms with Gasteiger partial charge in [0.2, 0.25) is 5.16 Å². The van der Waals surface area contributed by atoms with Crippen LogP contribution in [-0.4, -0.2) is 39.7 Å². The molecule has 0 aliphatic heterocycles. The van der Waals surface area contributed by atoms with Crippen LogP contribution >= 0.6 is 11.8 Å². The fourth-order valence-electron chi connectivity index (χ4n) is 2.46. The highest BCUT2D eigenvalue weighted by molar-refractivity contribution is 7.99. The molecule has 0 aliphatic carbocycles. The molecule has 3 aromatic rings. The molecule has 0 bridgehead atoms. The van der Waals surface area contributed by atoms with E-state index in [2.05, 4.69) is 41.5 Å². The van der Waals surface area contributed by atoms with Crippen molar-refractivity contribution in [3.8, 4) is 17.2 Å². The zero-order valence-electron chi connectivity index (χ0n) is 14.5. The predicted octanol–water partition coefficient (Wildman–Crippen LogP) is 3.46. The number of aromatic nitrogens is 4. The van der Waals surface area contributed by atoms with Gasteiger partial charge in [-0.15, -0.1) is 5.10 Å². The minimum Gasteiger partial charge on any atom is -0.497 e. The van der Waals surface area contributed by atoms with E-state index in [4.69, 9.17) is 9.47 Å². The molecule has 1 heterocycles. The summed E-state index contributed by atoms with van der Waals surface area (Å²) in [7, 11) is 1.64. The molecule has 0 saturated heterocycles. The Labute approximate surface area is 151 Å². The number of nitrogens with zero attached hydrogens (tertiary/aromatic N) is 4. The van der Waals surface area contributed by atoms with Crippen LogP contribution in [0.5, 0.6) is 11.5 Å². The Bertz CT molecular complexity index is 813. The van der Waals surface area contributed by atoms with Crippen LogP contribution in [0.2, 0.25) is 0 Å². The monoisotopic (exact) mass is 356 g/mol. The molecule has 0 atom stereocenters. The maximum atomic E-state index is 5.93. The first-order valence-corrected chi connectivity index (χ1v) is 8.92. The van der Waals surface area contributed by atoms with Crippen molar-refractivity contribution in [2.24, 2.45) is 0 Å². The first-order chi connectivity index (χ1) is 12.2. The third-order valence-electron chi connectivity index (χ3n) is 3.73. The van der Waals surface area contributed by atoms with Crippen LogP contribution in [0.4, 0.5) is 0 Å². The lowest BCUT2D eigenvalue weighted by Crippen LogP contribution is -2.05. The molecule has 0 N–H and O–H groups in total. The maximum absolute atomic E-state index is 5.93. The van der Waals surface area contributed by atoms with E-state index in [9.17, 15) is 0 Å². The second kappa shape index (κ2) is 8.02. The molecule has 1 aromatic heterocycles. The van der Waals surface area contributed by atoms with Crippen molar-refractivity contribution in [2.75, 3.05) is 19.5 Å². The van der Waals surface area contributed by atoms with E-state index in [1.807, 2.05) is 30.3 Å². The van der Waals surface area contributed by atoms with Gasteiger partial charge < -0.3 is 9.47 Å². The third-order valence-corrected chi connectivity index (χ3v) is 4.61. The number of aryl methyl sites for hydroxylation is 2. The minimum absolute atomic E-state index is 0.589. The van der Waals surface area contributed by atoms with Crippen LogP contribution in [0.3, 0.4) is 0 Å². The molecule has 0 radical (unpaired) electrons. The van der Waals surface area contributed by atoms with Gasteiger partial charge in [0.1, 0.15) is 11.5 Å². The van der Waals surface area contributed by atoms with Crippen LogP contribution in [0.1, 0.15) is 11.1 Å². The SMILES string of the molecule is COc1ccc(-n2nnnc2SCCOc2c(C)cccc2C)cc1. The summed E-state index contributed by atoms with van der Waals surface area (Å²) < 4.78 is 12.8. The van der Waals surface area contributed by atoms with Gasteiger partial charge in [-0.2, -0.15) is 4.68 Å². The van der Waals surface area contributed by atoms with Crippen molar-refractivity contribution < 1.29 is 9.47 Å². The van der Waals surface area contributed by atoms with Crippen LogP contribution in [0.25, 0.3) is 5.69 Å². The number of hydrogen-bond donors (Lipinski definition) is 0. The number of thioether (sulfide) groups is 1. The molecule has 0 unspecified atom stereocenters. The Morgan fingerprint density at radius 1 is 1.04 bits per heavy atom. The molecule has 0 amide bonds. The number of hydrogen-bond acceptors (Lipinski definition) is 6. The molecule has 0 spiro atoms. The van der Waals surface area contributed by atoms with E-state index in [0.717, 1.165) is 39.2 Å². The topological polar surface area (TPSA) is 62.1 Å². The average molecular weight is 356 g/mol. The molecule has 0 aliphatic rings. The lowest BCUT2D eigenvalue weighted by atomic mass is 10.1. The Morgan fingerprint density at radius 2 is 1.76 bits per heavy atom. The van der Waals surface area contributed by atoms with Crippen LogP contribution in [0, 0.1) is 13.8 Å². The molecule has 2 aromatic carbocycles. The molecule has 3 rings (SSSR count). The average Bonchev–Trinajstić information content (AvgIpc) is 3.09. The van der Waals surface area contributed by atoms with Crippen molar-refractivity contribution in [3.63, 3.8) is 0 Å². The van der Waals surface area contributed by atoms with E-state index < -0.39 is 0 Å². The number of para-hydroxylation sites is 1. The normalized spacial score (nSPS) is 10.7. The summed E-state index contributed by atoms with van der Waals surface area (Å²) in [4.78, 5) is 0. The van der Waals surface area contributed by atoms with Gasteiger partial charge in [0.15, 0.2) is 0 Å². The summed E-state index contributed by atoms with van der Waals surface area (Å²) >= 11 is 1.56. The molecular weight excluding hydrogens is 336 g/mol. The van der Waals surface area contributed by atoms with E-state index in [1.165, 1.54) is 0 Å². The van der Waals surface area contributed by atoms with Crippen LogP contribution < -0.4 is 9.47 Å². The van der Waals surface area contributed by atoms with Gasteiger partial charge in [-0.3, -0.25) is 0 Å². The van der Waals surface area contributed by atoms with E-state index >= 15 is 0 Å². The molecular formula is C18H20N4O2S. The molecule has 7 heteroatoms. The zero-order chi connectivity index (χ0) is 17.6. The largest absolute Gasteiger partial charge is 0.497 e. The number of rotatable bonds is 7. The van der Waals surface area contributed by atoms with Gasteiger partial charge in [0, 0.05) is 5.75 Å². The molecule has 0 fully saturated rings. The lowest BCUT2D eigenvalue weighted by Gasteiger charge is -2.11. The van der Waals surface area contributed by atoms with Gasteiger partial charge in [0.25, 0.3) is 0 Å². The summed E-state index contributed by atoms with van der Waals surface area (Å²) in [6, 6.07) is 13.8. The number of methoxy groups -OCH3 is 1. The van der Waals surface area contributed by atoms with Gasteiger partial charge >= 0.3 is 0 Å². The summed E-state index contributed by atoms with van der Waals surface area (Å²) in [5, 5.41) is 12.7. The van der Waals surface area contributed by atoms with Crippen LogP contribution in [0.15, 0.2) is 47.6 Å². The predicted molar refractivity (Wildman–Crippen MR) is 97.8 cm³/mol. The van der Waals surface area contributed by atoms with Crippen molar-refractivity contribution in [2.45, 2.75) is 19.0 Å². The Balaban J connectivity index is 1.60. The second-order valence-electron chi connectivity index (χ2n) is 5.49. The zero-order valence-corrected chi connectivity index (χ0v) is 15.3. The third kappa shape index (κ3) is 4.11. The van der Waals surface area contributed by atoms with Gasteiger partial charge in [0.05, 0.1) is 19.4 Å². The second-order valence-corrected chi connectivity index (χ2v) is 6.55. The van der Waals surface area contributed by atoms with Gasteiger partial charge in [-0.1, -0.05) is 30.0 Å². The summed E-state index contributed by atoms with van der Waals surface area (Å²) in [6.45, 7) is 4.70. The Kier molecular flexibility index (Phi) is 5.55. The number of benzene rings is 2. The fraction of sp³-hybridized carbons (Fsp3) is 0.278. The van der Waals surface area contributed by atoms with Crippen molar-refractivity contribution >= 4 is 11.8 Å². The smallest absolute Gasteiger partial charge is 0.214 e. The van der Waals surface area contributed by atoms with Crippen molar-refractivity contribution in [1.29, 1.82) is 0 Å². The van der Waals surface area contributed by atoms with Crippen molar-refractivity contribution in [3.05, 3.63) is 53.6 Å². The van der Waals surface area contributed by atoms with E-state index in [0.29, 0.717) is 6.61 Å². The van der Waals surface area contributed by atoms with Crippen LogP contribution in [-0.2, 0) is 0 Å². The molecule has 25 heavy (non-hydrogen) atoms. The summed E-state index contributed by atoms with van der Waals surface area (Å²) in [5.41, 5.74) is 3.19. The highest BCUT2D eigenvalue weighted by Crippen LogP contribution is 2.24. The lowest BCUT2D eigenvalue weighted by molar-refractivity contribution is 0.339. The highest BCUT2D eigenvalue weighted by atomic mass is 32.2. The standard InChI is InChI=1S/C18H20N4O2S/c1-13-5-4-6-14(2)17(13)24-11-12-25-18-19-20-21-22(18)15-7-9-16(23-3)10-8-15/h4-10H,11-12H2,1-3H3. The Hall–Kier alpha value is -2.54. The first-order valence-electron chi connectivity index (χ1n) is 7.93. The van der Waals surface area contributed by atoms with Crippen molar-refractivity contribution in [1.82, 2.24) is 20.2 Å². The molecule has 6 nitrogen and oxygen atoms in total. The fourth-order valence-corrected chi connectivity index (χ4v) is 3.17. The first kappa shape index (κ1) is 17.3. The quantitative estimate of drug-likeness (QED) is 0.477. The number of ether oxygens (including phenoxy) is 2. The van der Waals surface area contributed by atoms with E-state index in [-0.39, 0.29) is 0 Å². The molecule has 0 saturated carbocycles. The highest BCUT2D eigenvalue weighted by Gasteiger charge is 2.10. The number of tetrazole rings is 1. The van der Waals surface area contributed by atoms with Gasteiger partial charge in [-0.05, 0) is 59.7 Å². The van der Waals surface area contributed by atoms with Gasteiger partial charge in [-0.25, -0.2) is 0 Å². The summed E-state index contributed by atoms with van der Waals surface area (Å²) in [5.74, 6) is 2.51. The minimum atomic E-state index is 0.589. The summed E-state index contributed by atoms with van der Waals surface area (Å²) in [6.07, 6.45) is 0. The maximum Gasteiger partial charge on any atom is 0.214 e. The molecule has 130 valence electrons.